The van der Waals surface area contributed by atoms with Gasteiger partial charge in [0.2, 0.25) is 0 Å². The number of nitriles is 1. The molecule has 0 saturated heterocycles. The molecule has 32 heavy (non-hydrogen) atoms. The van der Waals surface area contributed by atoms with Gasteiger partial charge in [-0.3, -0.25) is 4.79 Å². The van der Waals surface area contributed by atoms with Crippen molar-refractivity contribution in [3.05, 3.63) is 64.8 Å². The molecule has 0 bridgehead atoms. The average Bonchev–Trinajstić information content (AvgIpc) is 3.22. The second kappa shape index (κ2) is 8.56. The predicted octanol–water partition coefficient (Wildman–Crippen LogP) is 2.97. The lowest BCUT2D eigenvalue weighted by Crippen LogP contribution is -2.29. The van der Waals surface area contributed by atoms with Gasteiger partial charge in [0, 0.05) is 22.8 Å². The standard InChI is InChI=1S/C18H12ClF3N6O3S/c1-10(16-25-9-26-28(16)15-4-11(8-23)2-3-24-15)27-17(29)12-5-13(19)7-14(6-12)32(30,31)18(20,21)22/h2-7,9-10H,1H3,(H,27,29)/t10-/m0/s1. The van der Waals surface area contributed by atoms with Gasteiger partial charge < -0.3 is 5.32 Å². The molecular weight excluding hydrogens is 473 g/mol. The maximum Gasteiger partial charge on any atom is 0.501 e. The number of amides is 1. The van der Waals surface area contributed by atoms with E-state index in [9.17, 15) is 26.4 Å². The molecule has 1 amide bonds. The number of alkyl halides is 3. The van der Waals surface area contributed by atoms with Crippen molar-refractivity contribution >= 4 is 27.3 Å². The van der Waals surface area contributed by atoms with Gasteiger partial charge in [-0.1, -0.05) is 11.6 Å². The Labute approximate surface area is 184 Å². The summed E-state index contributed by atoms with van der Waals surface area (Å²) in [5.41, 5.74) is -5.64. The van der Waals surface area contributed by atoms with E-state index in [0.717, 1.165) is 6.07 Å². The second-order valence-electron chi connectivity index (χ2n) is 6.36. The number of pyridine rings is 1. The smallest absolute Gasteiger partial charge is 0.342 e. The van der Waals surface area contributed by atoms with Gasteiger partial charge in [0.25, 0.3) is 15.7 Å². The number of sulfone groups is 1. The molecule has 0 radical (unpaired) electrons. The fourth-order valence-corrected chi connectivity index (χ4v) is 3.78. The first kappa shape index (κ1) is 23.2. The van der Waals surface area contributed by atoms with Gasteiger partial charge >= 0.3 is 5.51 Å². The lowest BCUT2D eigenvalue weighted by Gasteiger charge is -2.15. The van der Waals surface area contributed by atoms with Gasteiger partial charge in [-0.2, -0.15) is 28.2 Å². The van der Waals surface area contributed by atoms with Crippen LogP contribution in [0.5, 0.6) is 0 Å². The summed E-state index contributed by atoms with van der Waals surface area (Å²) in [5.74, 6) is -0.447. The maximum atomic E-state index is 12.9. The van der Waals surface area contributed by atoms with Crippen molar-refractivity contribution in [3.63, 3.8) is 0 Å². The number of nitrogens with zero attached hydrogens (tertiary/aromatic N) is 5. The normalized spacial score (nSPS) is 12.8. The Balaban J connectivity index is 1.90. The summed E-state index contributed by atoms with van der Waals surface area (Å²) in [5, 5.41) is 15.2. The van der Waals surface area contributed by atoms with Crippen LogP contribution >= 0.6 is 11.6 Å². The highest BCUT2D eigenvalue weighted by molar-refractivity contribution is 7.92. The van der Waals surface area contributed by atoms with Crippen molar-refractivity contribution in [1.82, 2.24) is 25.1 Å². The van der Waals surface area contributed by atoms with E-state index < -0.39 is 37.8 Å². The van der Waals surface area contributed by atoms with E-state index in [1.54, 1.807) is 0 Å². The Morgan fingerprint density at radius 1 is 1.25 bits per heavy atom. The van der Waals surface area contributed by atoms with E-state index >= 15 is 0 Å². The number of hydrogen-bond donors (Lipinski definition) is 1. The Morgan fingerprint density at radius 3 is 2.62 bits per heavy atom. The zero-order chi connectivity index (χ0) is 23.7. The minimum absolute atomic E-state index is 0.200. The van der Waals surface area contributed by atoms with Crippen molar-refractivity contribution in [2.24, 2.45) is 0 Å². The molecule has 0 saturated carbocycles. The fourth-order valence-electron chi connectivity index (χ4n) is 2.65. The number of halogens is 4. The lowest BCUT2D eigenvalue weighted by molar-refractivity contribution is -0.0436. The number of aromatic nitrogens is 4. The summed E-state index contributed by atoms with van der Waals surface area (Å²) in [7, 11) is -5.70. The SMILES string of the molecule is C[C@H](NC(=O)c1cc(Cl)cc(S(=O)(=O)C(F)(F)F)c1)c1ncnn1-c1cc(C#N)ccn1. The molecule has 0 unspecified atom stereocenters. The number of rotatable bonds is 5. The van der Waals surface area contributed by atoms with Crippen LogP contribution in [-0.2, 0) is 9.84 Å². The number of benzene rings is 1. The molecule has 0 fully saturated rings. The molecule has 1 N–H and O–H groups in total. The van der Waals surface area contributed by atoms with E-state index in [1.807, 2.05) is 6.07 Å². The molecule has 3 rings (SSSR count). The van der Waals surface area contributed by atoms with Crippen molar-refractivity contribution < 1.29 is 26.4 Å². The van der Waals surface area contributed by atoms with Crippen LogP contribution in [0.4, 0.5) is 13.2 Å². The Morgan fingerprint density at radius 2 is 1.97 bits per heavy atom. The first-order valence-corrected chi connectivity index (χ1v) is 10.5. The van der Waals surface area contributed by atoms with Crippen LogP contribution < -0.4 is 5.32 Å². The quantitative estimate of drug-likeness (QED) is 0.589. The minimum Gasteiger partial charge on any atom is -0.342 e. The van der Waals surface area contributed by atoms with Crippen LogP contribution in [0.1, 0.15) is 34.7 Å². The summed E-state index contributed by atoms with van der Waals surface area (Å²) in [4.78, 5) is 19.6. The molecular formula is C18H12ClF3N6O3S. The molecule has 14 heteroatoms. The summed E-state index contributed by atoms with van der Waals surface area (Å²) in [6.45, 7) is 1.52. The molecule has 166 valence electrons. The number of carbonyl (C=O) groups excluding carboxylic acids is 1. The van der Waals surface area contributed by atoms with E-state index in [4.69, 9.17) is 16.9 Å². The highest BCUT2D eigenvalue weighted by Crippen LogP contribution is 2.32. The van der Waals surface area contributed by atoms with Crippen LogP contribution in [0.15, 0.2) is 47.8 Å². The van der Waals surface area contributed by atoms with Crippen LogP contribution in [0.2, 0.25) is 5.02 Å². The lowest BCUT2D eigenvalue weighted by atomic mass is 10.2. The first-order valence-electron chi connectivity index (χ1n) is 8.63. The first-order chi connectivity index (χ1) is 14.9. The molecule has 1 atom stereocenters. The topological polar surface area (TPSA) is 131 Å². The van der Waals surface area contributed by atoms with Crippen LogP contribution in [-0.4, -0.2) is 39.6 Å². The zero-order valence-corrected chi connectivity index (χ0v) is 17.6. The molecule has 0 aliphatic heterocycles. The van der Waals surface area contributed by atoms with Gasteiger partial charge in [0.1, 0.15) is 6.33 Å². The van der Waals surface area contributed by atoms with Gasteiger partial charge in [0.05, 0.1) is 22.6 Å². The number of nitrogens with one attached hydrogen (secondary N) is 1. The number of carbonyl (C=O) groups is 1. The molecule has 2 heterocycles. The van der Waals surface area contributed by atoms with Crippen molar-refractivity contribution in [2.45, 2.75) is 23.4 Å². The molecule has 2 aromatic heterocycles. The molecule has 0 aliphatic carbocycles. The molecule has 0 aliphatic rings. The van der Waals surface area contributed by atoms with E-state index in [1.165, 1.54) is 36.3 Å². The largest absolute Gasteiger partial charge is 0.501 e. The summed E-state index contributed by atoms with van der Waals surface area (Å²) < 4.78 is 63.2. The summed E-state index contributed by atoms with van der Waals surface area (Å²) in [6.07, 6.45) is 2.57. The number of hydrogen-bond acceptors (Lipinski definition) is 7. The third-order valence-electron chi connectivity index (χ3n) is 4.15. The highest BCUT2D eigenvalue weighted by Gasteiger charge is 2.47. The van der Waals surface area contributed by atoms with E-state index in [-0.39, 0.29) is 16.7 Å². The zero-order valence-electron chi connectivity index (χ0n) is 16.0. The summed E-state index contributed by atoms with van der Waals surface area (Å²) >= 11 is 5.75. The van der Waals surface area contributed by atoms with Gasteiger partial charge in [-0.05, 0) is 31.2 Å². The van der Waals surface area contributed by atoms with Crippen molar-refractivity contribution in [3.8, 4) is 11.9 Å². The van der Waals surface area contributed by atoms with Gasteiger partial charge in [-0.25, -0.2) is 18.4 Å². The molecule has 3 aromatic rings. The average molecular weight is 485 g/mol. The summed E-state index contributed by atoms with van der Waals surface area (Å²) in [6, 6.07) is 6.26. The molecule has 0 spiro atoms. The van der Waals surface area contributed by atoms with Gasteiger partial charge in [0.15, 0.2) is 11.6 Å². The van der Waals surface area contributed by atoms with Crippen LogP contribution in [0, 0.1) is 11.3 Å². The van der Waals surface area contributed by atoms with Crippen molar-refractivity contribution in [1.29, 1.82) is 5.26 Å². The van der Waals surface area contributed by atoms with Gasteiger partial charge in [-0.15, -0.1) is 0 Å². The Kier molecular flexibility index (Phi) is 6.20. The predicted molar refractivity (Wildman–Crippen MR) is 104 cm³/mol. The van der Waals surface area contributed by atoms with Crippen LogP contribution in [0.3, 0.4) is 0 Å². The van der Waals surface area contributed by atoms with Crippen LogP contribution in [0.25, 0.3) is 5.82 Å². The Hall–Kier alpha value is -3.50. The van der Waals surface area contributed by atoms with Crippen molar-refractivity contribution in [2.75, 3.05) is 0 Å². The fraction of sp³-hybridized carbons (Fsp3) is 0.167. The second-order valence-corrected chi connectivity index (χ2v) is 8.74. The minimum atomic E-state index is -5.70. The maximum absolute atomic E-state index is 12.9. The third-order valence-corrected chi connectivity index (χ3v) is 5.83. The van der Waals surface area contributed by atoms with E-state index in [0.29, 0.717) is 17.7 Å². The monoisotopic (exact) mass is 484 g/mol. The highest BCUT2D eigenvalue weighted by atomic mass is 35.5. The van der Waals surface area contributed by atoms with E-state index in [2.05, 4.69) is 20.4 Å². The molecule has 1 aromatic carbocycles. The molecule has 9 nitrogen and oxygen atoms in total. The Bertz CT molecular complexity index is 1330. The third kappa shape index (κ3) is 4.56.